The molecule has 3 aromatic rings. The molecule has 3 rings (SSSR count). The van der Waals surface area contributed by atoms with Gasteiger partial charge in [0.05, 0.1) is 4.92 Å². The Bertz CT molecular complexity index is 1190. The fourth-order valence-corrected chi connectivity index (χ4v) is 3.21. The molecular weight excluding hydrogens is 420 g/mol. The van der Waals surface area contributed by atoms with Crippen molar-refractivity contribution in [3.8, 4) is 0 Å². The zero-order chi connectivity index (χ0) is 24.0. The molecule has 8 heteroatoms. The summed E-state index contributed by atoms with van der Waals surface area (Å²) < 4.78 is 0. The standard InChI is InChI=1S/C25H24N4O4/c1-16-8-4-6-10-20(16)27-24(30)19(25(31)28-21-11-7-5-9-17(21)2)14-18-12-13-22(26-3)23(15-18)29(32)33/h4-15,26H,1-3H3,(H,27,30)(H,28,31). The number of nitrogens with one attached hydrogen (secondary N) is 3. The van der Waals surface area contributed by atoms with E-state index in [2.05, 4.69) is 16.0 Å². The van der Waals surface area contributed by atoms with E-state index >= 15 is 0 Å². The Morgan fingerprint density at radius 1 is 0.818 bits per heavy atom. The van der Waals surface area contributed by atoms with Crippen LogP contribution in [0.4, 0.5) is 22.7 Å². The minimum absolute atomic E-state index is 0.163. The van der Waals surface area contributed by atoms with Crippen LogP contribution in [0.1, 0.15) is 16.7 Å². The number of anilines is 3. The third kappa shape index (κ3) is 5.62. The van der Waals surface area contributed by atoms with Crippen molar-refractivity contribution in [3.63, 3.8) is 0 Å². The minimum Gasteiger partial charge on any atom is -0.383 e. The van der Waals surface area contributed by atoms with Crippen molar-refractivity contribution in [2.45, 2.75) is 13.8 Å². The van der Waals surface area contributed by atoms with Crippen molar-refractivity contribution >= 4 is 40.6 Å². The van der Waals surface area contributed by atoms with E-state index in [0.29, 0.717) is 22.6 Å². The summed E-state index contributed by atoms with van der Waals surface area (Å²) in [6, 6.07) is 18.8. The van der Waals surface area contributed by atoms with Gasteiger partial charge in [-0.1, -0.05) is 42.5 Å². The number of nitro benzene ring substituents is 1. The van der Waals surface area contributed by atoms with E-state index < -0.39 is 16.7 Å². The molecule has 0 aliphatic carbocycles. The van der Waals surface area contributed by atoms with Crippen LogP contribution in [0.3, 0.4) is 0 Å². The van der Waals surface area contributed by atoms with Crippen molar-refractivity contribution in [2.75, 3.05) is 23.0 Å². The highest BCUT2D eigenvalue weighted by molar-refractivity contribution is 6.29. The second kappa shape index (κ2) is 10.2. The summed E-state index contributed by atoms with van der Waals surface area (Å²) >= 11 is 0. The Morgan fingerprint density at radius 3 is 1.79 bits per heavy atom. The molecule has 0 spiro atoms. The highest BCUT2D eigenvalue weighted by Gasteiger charge is 2.21. The topological polar surface area (TPSA) is 113 Å². The molecule has 0 bridgehead atoms. The molecule has 2 amide bonds. The molecule has 0 aromatic heterocycles. The van der Waals surface area contributed by atoms with Gasteiger partial charge in [-0.15, -0.1) is 0 Å². The quantitative estimate of drug-likeness (QED) is 0.157. The van der Waals surface area contributed by atoms with Crippen LogP contribution in [0.5, 0.6) is 0 Å². The van der Waals surface area contributed by atoms with Crippen molar-refractivity contribution in [1.82, 2.24) is 0 Å². The number of aryl methyl sites for hydroxylation is 2. The van der Waals surface area contributed by atoms with E-state index in [0.717, 1.165) is 11.1 Å². The van der Waals surface area contributed by atoms with Crippen LogP contribution in [0.25, 0.3) is 6.08 Å². The molecular formula is C25H24N4O4. The molecule has 0 radical (unpaired) electrons. The molecule has 0 heterocycles. The first kappa shape index (κ1) is 23.2. The summed E-state index contributed by atoms with van der Waals surface area (Å²) in [5.74, 6) is -1.26. The molecule has 0 aliphatic rings. The fraction of sp³-hybridized carbons (Fsp3) is 0.120. The fourth-order valence-electron chi connectivity index (χ4n) is 3.21. The number of carbonyl (C=O) groups is 2. The largest absolute Gasteiger partial charge is 0.383 e. The van der Waals surface area contributed by atoms with Gasteiger partial charge in [0.25, 0.3) is 17.5 Å². The second-order valence-corrected chi connectivity index (χ2v) is 7.38. The molecule has 168 valence electrons. The van der Waals surface area contributed by atoms with E-state index in [1.54, 1.807) is 37.4 Å². The van der Waals surface area contributed by atoms with Crippen LogP contribution in [0.15, 0.2) is 72.3 Å². The zero-order valence-corrected chi connectivity index (χ0v) is 18.5. The average molecular weight is 444 g/mol. The summed E-state index contributed by atoms with van der Waals surface area (Å²) in [6.45, 7) is 3.68. The average Bonchev–Trinajstić information content (AvgIpc) is 2.80. The molecule has 8 nitrogen and oxygen atoms in total. The molecule has 0 unspecified atom stereocenters. The van der Waals surface area contributed by atoms with Gasteiger partial charge in [-0.3, -0.25) is 19.7 Å². The van der Waals surface area contributed by atoms with E-state index in [4.69, 9.17) is 0 Å². The predicted molar refractivity (Wildman–Crippen MR) is 130 cm³/mol. The maximum atomic E-state index is 13.1. The molecule has 0 saturated heterocycles. The lowest BCUT2D eigenvalue weighted by Gasteiger charge is -2.13. The third-order valence-corrected chi connectivity index (χ3v) is 5.07. The van der Waals surface area contributed by atoms with Crippen molar-refractivity contribution in [2.24, 2.45) is 0 Å². The van der Waals surface area contributed by atoms with Gasteiger partial charge in [-0.25, -0.2) is 0 Å². The van der Waals surface area contributed by atoms with E-state index in [1.807, 2.05) is 38.1 Å². The Kier molecular flexibility index (Phi) is 7.20. The minimum atomic E-state index is -0.629. The first-order valence-corrected chi connectivity index (χ1v) is 10.2. The first-order valence-electron chi connectivity index (χ1n) is 10.2. The maximum absolute atomic E-state index is 13.1. The number of hydrogen-bond acceptors (Lipinski definition) is 5. The van der Waals surface area contributed by atoms with Gasteiger partial charge in [0.15, 0.2) is 0 Å². The number of para-hydroxylation sites is 2. The lowest BCUT2D eigenvalue weighted by atomic mass is 10.1. The predicted octanol–water partition coefficient (Wildman–Crippen LogP) is 4.91. The van der Waals surface area contributed by atoms with E-state index in [9.17, 15) is 19.7 Å². The third-order valence-electron chi connectivity index (χ3n) is 5.07. The first-order chi connectivity index (χ1) is 15.8. The molecule has 3 aromatic carbocycles. The summed E-state index contributed by atoms with van der Waals surface area (Å²) in [5, 5.41) is 19.7. The smallest absolute Gasteiger partial charge is 0.292 e. The highest BCUT2D eigenvalue weighted by Crippen LogP contribution is 2.27. The van der Waals surface area contributed by atoms with Crippen LogP contribution in [-0.4, -0.2) is 23.8 Å². The van der Waals surface area contributed by atoms with Crippen molar-refractivity contribution < 1.29 is 14.5 Å². The van der Waals surface area contributed by atoms with Gasteiger partial charge in [-0.2, -0.15) is 0 Å². The Labute approximate surface area is 191 Å². The lowest BCUT2D eigenvalue weighted by molar-refractivity contribution is -0.384. The molecule has 0 saturated carbocycles. The Hall–Kier alpha value is -4.46. The van der Waals surface area contributed by atoms with Gasteiger partial charge in [0.2, 0.25) is 0 Å². The molecule has 3 N–H and O–H groups in total. The molecule has 0 aliphatic heterocycles. The second-order valence-electron chi connectivity index (χ2n) is 7.38. The number of hydrogen-bond donors (Lipinski definition) is 3. The number of benzene rings is 3. The summed E-state index contributed by atoms with van der Waals surface area (Å²) in [4.78, 5) is 37.2. The van der Waals surface area contributed by atoms with E-state index in [1.165, 1.54) is 18.2 Å². The van der Waals surface area contributed by atoms with Crippen LogP contribution in [-0.2, 0) is 9.59 Å². The van der Waals surface area contributed by atoms with Gasteiger partial charge in [0.1, 0.15) is 11.3 Å². The normalized spacial score (nSPS) is 10.2. The Morgan fingerprint density at radius 2 is 1.33 bits per heavy atom. The van der Waals surface area contributed by atoms with Gasteiger partial charge in [-0.05, 0) is 54.8 Å². The van der Waals surface area contributed by atoms with Gasteiger partial charge >= 0.3 is 0 Å². The molecule has 33 heavy (non-hydrogen) atoms. The van der Waals surface area contributed by atoms with Gasteiger partial charge < -0.3 is 16.0 Å². The van der Waals surface area contributed by atoms with E-state index in [-0.39, 0.29) is 11.3 Å². The zero-order valence-electron chi connectivity index (χ0n) is 18.5. The van der Waals surface area contributed by atoms with Gasteiger partial charge in [0, 0.05) is 24.5 Å². The Balaban J connectivity index is 2.02. The van der Waals surface area contributed by atoms with Crippen LogP contribution in [0.2, 0.25) is 0 Å². The monoisotopic (exact) mass is 444 g/mol. The number of amides is 2. The highest BCUT2D eigenvalue weighted by atomic mass is 16.6. The molecule has 0 fully saturated rings. The van der Waals surface area contributed by atoms with Crippen LogP contribution < -0.4 is 16.0 Å². The SMILES string of the molecule is CNc1ccc(C=C(C(=O)Nc2ccccc2C)C(=O)Nc2ccccc2C)cc1[N+](=O)[O-]. The number of carbonyl (C=O) groups excluding carboxylic acids is 2. The number of nitro groups is 1. The number of nitrogens with zero attached hydrogens (tertiary/aromatic N) is 1. The summed E-state index contributed by atoms with van der Waals surface area (Å²) in [7, 11) is 1.58. The van der Waals surface area contributed by atoms with Crippen LogP contribution in [0, 0.1) is 24.0 Å². The van der Waals surface area contributed by atoms with Crippen molar-refractivity contribution in [1.29, 1.82) is 0 Å². The lowest BCUT2D eigenvalue weighted by Crippen LogP contribution is -2.26. The summed E-state index contributed by atoms with van der Waals surface area (Å²) in [5.41, 5.74) is 3.11. The molecule has 0 atom stereocenters. The van der Waals surface area contributed by atoms with Crippen molar-refractivity contribution in [3.05, 3.63) is 99.1 Å². The number of rotatable bonds is 7. The maximum Gasteiger partial charge on any atom is 0.292 e. The summed E-state index contributed by atoms with van der Waals surface area (Å²) in [6.07, 6.45) is 1.34. The van der Waals surface area contributed by atoms with Crippen LogP contribution >= 0.6 is 0 Å².